The molecule has 1 atom stereocenters. The van der Waals surface area contributed by atoms with E-state index in [2.05, 4.69) is 8.83 Å². The fourth-order valence-corrected chi connectivity index (χ4v) is 2.88. The van der Waals surface area contributed by atoms with Crippen molar-refractivity contribution in [1.82, 2.24) is 0 Å². The summed E-state index contributed by atoms with van der Waals surface area (Å²) in [7, 11) is -9.24. The smallest absolute Gasteiger partial charge is 0.412 e. The largest absolute Gasteiger partial charge is 0.538 e. The Bertz CT molecular complexity index is 353. The van der Waals surface area contributed by atoms with Crippen LogP contribution < -0.4 is 0 Å². The lowest BCUT2D eigenvalue weighted by atomic mass is 10.2. The van der Waals surface area contributed by atoms with Gasteiger partial charge in [0, 0.05) is 0 Å². The van der Waals surface area contributed by atoms with Gasteiger partial charge in [-0.3, -0.25) is 4.52 Å². The Morgan fingerprint density at radius 1 is 1.29 bits per heavy atom. The lowest BCUT2D eigenvalue weighted by Gasteiger charge is -2.17. The molecule has 0 fully saturated rings. The van der Waals surface area contributed by atoms with Crippen molar-refractivity contribution in [2.75, 3.05) is 6.61 Å². The molecule has 17 heavy (non-hydrogen) atoms. The van der Waals surface area contributed by atoms with Gasteiger partial charge in [-0.25, -0.2) is 9.13 Å². The maximum absolute atomic E-state index is 11.8. The number of rotatable bonds is 7. The molecule has 0 aliphatic carbocycles. The molecule has 0 radical (unpaired) electrons. The van der Waals surface area contributed by atoms with E-state index in [0.717, 1.165) is 6.26 Å². The van der Waals surface area contributed by atoms with Crippen LogP contribution in [-0.4, -0.2) is 16.4 Å². The average Bonchev–Trinajstić information content (AvgIpc) is 2.09. The second-order valence-electron chi connectivity index (χ2n) is 4.01. The second-order valence-corrected chi connectivity index (χ2v) is 7.01. The van der Waals surface area contributed by atoms with Crippen LogP contribution in [0.1, 0.15) is 27.7 Å². The zero-order valence-electron chi connectivity index (χ0n) is 10.2. The molecule has 0 heterocycles. The minimum absolute atomic E-state index is 0.00607. The van der Waals surface area contributed by atoms with Crippen molar-refractivity contribution < 1.29 is 32.3 Å². The molecule has 102 valence electrons. The van der Waals surface area contributed by atoms with Crippen molar-refractivity contribution >= 4 is 15.6 Å². The number of phosphoric acid groups is 2. The van der Waals surface area contributed by atoms with Crippen LogP contribution in [0.3, 0.4) is 0 Å². The van der Waals surface area contributed by atoms with Crippen LogP contribution in [0.2, 0.25) is 0 Å². The van der Waals surface area contributed by atoms with Crippen LogP contribution >= 0.6 is 15.6 Å². The topological polar surface area (TPSA) is 102 Å². The fraction of sp³-hybridized carbons (Fsp3) is 0.750. The van der Waals surface area contributed by atoms with Gasteiger partial charge in [0.2, 0.25) is 0 Å². The molecule has 9 heteroatoms. The number of hydrogen-bond acceptors (Lipinski definition) is 5. The van der Waals surface area contributed by atoms with Crippen LogP contribution in [0.4, 0.5) is 0 Å². The molecule has 1 unspecified atom stereocenters. The van der Waals surface area contributed by atoms with Gasteiger partial charge in [0.05, 0.1) is 12.9 Å². The maximum atomic E-state index is 11.8. The molecule has 0 amide bonds. The van der Waals surface area contributed by atoms with E-state index in [1.165, 1.54) is 0 Å². The van der Waals surface area contributed by atoms with Gasteiger partial charge in [-0.05, 0) is 25.3 Å². The van der Waals surface area contributed by atoms with Crippen LogP contribution in [-0.2, 0) is 22.5 Å². The number of phosphoric ester groups is 1. The highest BCUT2D eigenvalue weighted by atomic mass is 31.3. The molecule has 0 aliphatic rings. The molecule has 0 aliphatic heterocycles. The predicted octanol–water partition coefficient (Wildman–Crippen LogP) is 2.82. The van der Waals surface area contributed by atoms with E-state index in [1.54, 1.807) is 27.7 Å². The van der Waals surface area contributed by atoms with E-state index in [-0.39, 0.29) is 12.5 Å². The standard InChI is InChI=1S/C8H18O7P2/c1-7(2)5-13-17(12,14-6-8(3)4)15-16(9,10)11/h5,8H,6H2,1-4H3,(H2,9,10,11). The van der Waals surface area contributed by atoms with Crippen molar-refractivity contribution in [2.45, 2.75) is 27.7 Å². The van der Waals surface area contributed by atoms with Crippen LogP contribution in [0.15, 0.2) is 11.8 Å². The Morgan fingerprint density at radius 3 is 2.18 bits per heavy atom. The number of allylic oxidation sites excluding steroid dienone is 1. The Kier molecular flexibility index (Phi) is 6.62. The van der Waals surface area contributed by atoms with E-state index in [1.807, 2.05) is 0 Å². The first-order chi connectivity index (χ1) is 7.54. The van der Waals surface area contributed by atoms with Crippen LogP contribution in [0.5, 0.6) is 0 Å². The molecule has 0 saturated carbocycles. The van der Waals surface area contributed by atoms with E-state index in [4.69, 9.17) is 14.3 Å². The number of hydrogen-bond donors (Lipinski definition) is 2. The molecular weight excluding hydrogens is 270 g/mol. The molecule has 0 spiro atoms. The molecular formula is C8H18O7P2. The third-order valence-corrected chi connectivity index (χ3v) is 3.67. The summed E-state index contributed by atoms with van der Waals surface area (Å²) >= 11 is 0. The van der Waals surface area contributed by atoms with E-state index in [0.29, 0.717) is 5.57 Å². The average molecular weight is 288 g/mol. The lowest BCUT2D eigenvalue weighted by molar-refractivity contribution is 0.157. The van der Waals surface area contributed by atoms with Gasteiger partial charge in [0.1, 0.15) is 0 Å². The molecule has 0 aromatic carbocycles. The summed E-state index contributed by atoms with van der Waals surface area (Å²) in [5.74, 6) is 0.0130. The van der Waals surface area contributed by atoms with Gasteiger partial charge in [-0.1, -0.05) is 13.8 Å². The van der Waals surface area contributed by atoms with Crippen molar-refractivity contribution in [3.05, 3.63) is 11.8 Å². The SMILES string of the molecule is CC(C)=COP(=O)(OCC(C)C)OP(=O)(O)O. The molecule has 0 aromatic rings. The van der Waals surface area contributed by atoms with Gasteiger partial charge < -0.3 is 14.3 Å². The molecule has 0 aromatic heterocycles. The van der Waals surface area contributed by atoms with Crippen molar-refractivity contribution in [1.29, 1.82) is 0 Å². The molecule has 0 rings (SSSR count). The van der Waals surface area contributed by atoms with Gasteiger partial charge in [0.25, 0.3) is 0 Å². The minimum Gasteiger partial charge on any atom is -0.412 e. The van der Waals surface area contributed by atoms with Gasteiger partial charge in [-0.15, -0.1) is 0 Å². The summed E-state index contributed by atoms with van der Waals surface area (Å²) in [6, 6.07) is 0. The summed E-state index contributed by atoms with van der Waals surface area (Å²) in [6.07, 6.45) is 1.07. The Labute approximate surface area is 101 Å². The Morgan fingerprint density at radius 2 is 1.82 bits per heavy atom. The maximum Gasteiger partial charge on any atom is 0.538 e. The summed E-state index contributed by atoms with van der Waals surface area (Å²) in [6.45, 7) is 6.87. The Hall–Kier alpha value is -0.160. The summed E-state index contributed by atoms with van der Waals surface area (Å²) in [4.78, 5) is 17.2. The molecule has 7 nitrogen and oxygen atoms in total. The summed E-state index contributed by atoms with van der Waals surface area (Å²) in [5.41, 5.74) is 0.646. The third-order valence-electron chi connectivity index (χ3n) is 1.19. The highest BCUT2D eigenvalue weighted by molar-refractivity contribution is 7.61. The third kappa shape index (κ3) is 9.53. The van der Waals surface area contributed by atoms with Crippen molar-refractivity contribution in [2.24, 2.45) is 5.92 Å². The zero-order valence-corrected chi connectivity index (χ0v) is 12.0. The molecule has 0 bridgehead atoms. The summed E-state index contributed by atoms with van der Waals surface area (Å²) < 4.78 is 36.0. The van der Waals surface area contributed by atoms with Gasteiger partial charge in [0.15, 0.2) is 0 Å². The fourth-order valence-electron chi connectivity index (χ4n) is 0.614. The van der Waals surface area contributed by atoms with E-state index >= 15 is 0 Å². The van der Waals surface area contributed by atoms with Crippen LogP contribution in [0, 0.1) is 5.92 Å². The highest BCUT2D eigenvalue weighted by Crippen LogP contribution is 2.61. The van der Waals surface area contributed by atoms with Crippen molar-refractivity contribution in [3.8, 4) is 0 Å². The van der Waals surface area contributed by atoms with Gasteiger partial charge in [-0.2, -0.15) is 4.31 Å². The first-order valence-corrected chi connectivity index (χ1v) is 7.86. The summed E-state index contributed by atoms with van der Waals surface area (Å²) in [5, 5.41) is 0. The zero-order chi connectivity index (χ0) is 13.7. The first kappa shape index (κ1) is 16.8. The van der Waals surface area contributed by atoms with Gasteiger partial charge >= 0.3 is 15.6 Å². The second kappa shape index (κ2) is 6.69. The predicted molar refractivity (Wildman–Crippen MR) is 62.0 cm³/mol. The van der Waals surface area contributed by atoms with Crippen molar-refractivity contribution in [3.63, 3.8) is 0 Å². The minimum atomic E-state index is -4.95. The normalized spacial score (nSPS) is 15.5. The van der Waals surface area contributed by atoms with E-state index in [9.17, 15) is 9.13 Å². The lowest BCUT2D eigenvalue weighted by Crippen LogP contribution is -2.03. The molecule has 0 saturated heterocycles. The molecule has 2 N–H and O–H groups in total. The Balaban J connectivity index is 4.75. The van der Waals surface area contributed by atoms with Crippen LogP contribution in [0.25, 0.3) is 0 Å². The first-order valence-electron chi connectivity index (χ1n) is 4.87. The monoisotopic (exact) mass is 288 g/mol. The van der Waals surface area contributed by atoms with E-state index < -0.39 is 15.6 Å². The quantitative estimate of drug-likeness (QED) is 0.548. The highest BCUT2D eigenvalue weighted by Gasteiger charge is 2.36.